The van der Waals surface area contributed by atoms with Gasteiger partial charge in [-0.15, -0.1) is 11.3 Å². The zero-order chi connectivity index (χ0) is 22.7. The van der Waals surface area contributed by atoms with Crippen LogP contribution in [0.1, 0.15) is 10.5 Å². The second-order valence-corrected chi connectivity index (χ2v) is 6.98. The Hall–Kier alpha value is -4.27. The number of anilines is 1. The van der Waals surface area contributed by atoms with E-state index in [-0.39, 0.29) is 18.1 Å². The van der Waals surface area contributed by atoms with Crippen molar-refractivity contribution in [1.29, 1.82) is 0 Å². The number of alkyl halides is 2. The first-order valence-corrected chi connectivity index (χ1v) is 9.65. The number of hydrogen-bond acceptors (Lipinski definition) is 9. The minimum Gasteiger partial charge on any atom is -0.435 e. The van der Waals surface area contributed by atoms with Gasteiger partial charge in [-0.2, -0.15) is 18.6 Å². The molecule has 32 heavy (non-hydrogen) atoms. The van der Waals surface area contributed by atoms with Gasteiger partial charge >= 0.3 is 12.6 Å². The van der Waals surface area contributed by atoms with Gasteiger partial charge in [0.25, 0.3) is 5.91 Å². The molecule has 0 spiro atoms. The molecule has 0 aliphatic carbocycles. The summed E-state index contributed by atoms with van der Waals surface area (Å²) in [7, 11) is 0. The molecule has 0 unspecified atom stereocenters. The molecule has 0 atom stereocenters. The number of nitrogens with one attached hydrogen (secondary N) is 1. The van der Waals surface area contributed by atoms with Gasteiger partial charge in [-0.05, 0) is 35.3 Å². The van der Waals surface area contributed by atoms with E-state index in [1.165, 1.54) is 51.4 Å². The Morgan fingerprint density at radius 1 is 1.22 bits per heavy atom. The van der Waals surface area contributed by atoms with E-state index in [0.29, 0.717) is 16.4 Å². The highest BCUT2D eigenvalue weighted by atomic mass is 32.1. The van der Waals surface area contributed by atoms with Crippen LogP contribution in [0.25, 0.3) is 11.3 Å². The average molecular weight is 462 g/mol. The zero-order valence-electron chi connectivity index (χ0n) is 15.8. The fraction of sp³-hybridized carbons (Fsp3) is 0.118. The highest BCUT2D eigenvalue weighted by molar-refractivity contribution is 7.14. The fourth-order valence-corrected chi connectivity index (χ4v) is 3.29. The summed E-state index contributed by atoms with van der Waals surface area (Å²) in [4.78, 5) is 30.2. The molecule has 1 amide bonds. The average Bonchev–Trinajstić information content (AvgIpc) is 3.49. The van der Waals surface area contributed by atoms with E-state index in [1.54, 1.807) is 17.5 Å². The fourth-order valence-electron chi connectivity index (χ4n) is 2.58. The van der Waals surface area contributed by atoms with Crippen molar-refractivity contribution >= 4 is 28.3 Å². The van der Waals surface area contributed by atoms with Crippen molar-refractivity contribution in [3.63, 3.8) is 0 Å². The lowest BCUT2D eigenvalue weighted by Gasteiger charge is -2.04. The number of carbonyl (C=O) groups excluding carboxylic acids is 1. The molecule has 1 N–H and O–H groups in total. The van der Waals surface area contributed by atoms with E-state index >= 15 is 0 Å². The molecule has 164 valence electrons. The standard InChI is InChI=1S/C17H12F2N8O4S/c18-15(19)31-11-3-1-10(2-4-11)13-7-32-17(21-13)22-14(28)12-5-6-25(23-12)9-26-8-20-16(24-26)27(29)30/h1-8,15H,9H2,(H,21,22,28). The summed E-state index contributed by atoms with van der Waals surface area (Å²) in [6, 6.07) is 7.42. The summed E-state index contributed by atoms with van der Waals surface area (Å²) >= 11 is 1.18. The van der Waals surface area contributed by atoms with Crippen molar-refractivity contribution in [3.05, 3.63) is 64.0 Å². The number of aromatic nitrogens is 6. The molecule has 0 saturated carbocycles. The summed E-state index contributed by atoms with van der Waals surface area (Å²) < 4.78 is 31.4. The Kier molecular flexibility index (Phi) is 5.80. The predicted molar refractivity (Wildman–Crippen MR) is 106 cm³/mol. The van der Waals surface area contributed by atoms with Crippen LogP contribution in [0.2, 0.25) is 0 Å². The van der Waals surface area contributed by atoms with Gasteiger partial charge < -0.3 is 14.9 Å². The first kappa shape index (κ1) is 21.0. The Morgan fingerprint density at radius 2 is 2.00 bits per heavy atom. The maximum absolute atomic E-state index is 12.4. The molecule has 0 saturated heterocycles. The van der Waals surface area contributed by atoms with Gasteiger partial charge in [-0.25, -0.2) is 9.67 Å². The Bertz CT molecular complexity index is 1250. The van der Waals surface area contributed by atoms with Gasteiger partial charge in [0, 0.05) is 22.2 Å². The second-order valence-electron chi connectivity index (χ2n) is 6.12. The van der Waals surface area contributed by atoms with E-state index in [9.17, 15) is 23.7 Å². The third kappa shape index (κ3) is 4.89. The number of thiazole rings is 1. The van der Waals surface area contributed by atoms with E-state index in [0.717, 1.165) is 0 Å². The van der Waals surface area contributed by atoms with Crippen LogP contribution in [-0.4, -0.2) is 47.0 Å². The second kappa shape index (κ2) is 8.84. The lowest BCUT2D eigenvalue weighted by atomic mass is 10.2. The number of hydrogen-bond donors (Lipinski definition) is 1. The van der Waals surface area contributed by atoms with Crippen molar-refractivity contribution in [1.82, 2.24) is 29.5 Å². The molecule has 12 nitrogen and oxygen atoms in total. The number of nitro groups is 1. The highest BCUT2D eigenvalue weighted by Crippen LogP contribution is 2.27. The highest BCUT2D eigenvalue weighted by Gasteiger charge is 2.16. The maximum atomic E-state index is 12.4. The molecular formula is C17H12F2N8O4S. The smallest absolute Gasteiger partial charge is 0.435 e. The minimum atomic E-state index is -2.90. The first-order valence-electron chi connectivity index (χ1n) is 8.77. The predicted octanol–water partition coefficient (Wildman–Crippen LogP) is 2.87. The Labute approximate surface area is 181 Å². The van der Waals surface area contributed by atoms with Crippen molar-refractivity contribution in [3.8, 4) is 17.0 Å². The topological polar surface area (TPSA) is 143 Å². The molecule has 0 bridgehead atoms. The third-order valence-electron chi connectivity index (χ3n) is 3.95. The summed E-state index contributed by atoms with van der Waals surface area (Å²) in [6.07, 6.45) is 2.70. The zero-order valence-corrected chi connectivity index (χ0v) is 16.6. The SMILES string of the molecule is O=C(Nc1nc(-c2ccc(OC(F)F)cc2)cs1)c1ccn(Cn2cnc([N+](=O)[O-])n2)n1. The van der Waals surface area contributed by atoms with E-state index < -0.39 is 23.4 Å². The van der Waals surface area contributed by atoms with Crippen molar-refractivity contribution in [2.75, 3.05) is 5.32 Å². The normalized spacial score (nSPS) is 11.0. The number of halogens is 2. The van der Waals surface area contributed by atoms with Crippen LogP contribution in [-0.2, 0) is 6.67 Å². The summed E-state index contributed by atoms with van der Waals surface area (Å²) in [5.74, 6) is -1.01. The van der Waals surface area contributed by atoms with E-state index in [2.05, 4.69) is 30.2 Å². The van der Waals surface area contributed by atoms with Crippen LogP contribution in [0, 0.1) is 10.1 Å². The Morgan fingerprint density at radius 3 is 2.69 bits per heavy atom. The number of amides is 1. The largest absolute Gasteiger partial charge is 0.491 e. The molecule has 3 aromatic heterocycles. The van der Waals surface area contributed by atoms with Gasteiger partial charge in [0.1, 0.15) is 5.75 Å². The van der Waals surface area contributed by atoms with E-state index in [1.807, 2.05) is 0 Å². The van der Waals surface area contributed by atoms with Crippen LogP contribution in [0.4, 0.5) is 19.9 Å². The number of ether oxygens (including phenoxy) is 1. The number of carbonyl (C=O) groups is 1. The van der Waals surface area contributed by atoms with Crippen molar-refractivity contribution in [2.45, 2.75) is 13.3 Å². The molecule has 4 rings (SSSR count). The molecule has 1 aromatic carbocycles. The molecule has 3 heterocycles. The quantitative estimate of drug-likeness (QED) is 0.311. The van der Waals surface area contributed by atoms with Crippen LogP contribution < -0.4 is 10.1 Å². The monoisotopic (exact) mass is 462 g/mol. The molecule has 0 aliphatic rings. The van der Waals surface area contributed by atoms with Gasteiger partial charge in [0.05, 0.1) is 5.69 Å². The van der Waals surface area contributed by atoms with Gasteiger partial charge in [-0.1, -0.05) is 4.98 Å². The van der Waals surface area contributed by atoms with Gasteiger partial charge in [-0.3, -0.25) is 10.1 Å². The molecular weight excluding hydrogens is 450 g/mol. The number of benzene rings is 1. The van der Waals surface area contributed by atoms with Crippen LogP contribution in [0.3, 0.4) is 0 Å². The molecule has 4 aromatic rings. The molecule has 15 heteroatoms. The third-order valence-corrected chi connectivity index (χ3v) is 4.71. The summed E-state index contributed by atoms with van der Waals surface area (Å²) in [5.41, 5.74) is 1.31. The van der Waals surface area contributed by atoms with Crippen molar-refractivity contribution in [2.24, 2.45) is 0 Å². The minimum absolute atomic E-state index is 0.0286. The Balaban J connectivity index is 1.38. The lowest BCUT2D eigenvalue weighted by molar-refractivity contribution is -0.394. The summed E-state index contributed by atoms with van der Waals surface area (Å²) in [6.45, 7) is -2.87. The molecule has 0 fully saturated rings. The maximum Gasteiger partial charge on any atom is 0.491 e. The first-order chi connectivity index (χ1) is 15.4. The molecule has 0 radical (unpaired) electrons. The summed E-state index contributed by atoms with van der Waals surface area (Å²) in [5, 5.41) is 23.1. The van der Waals surface area contributed by atoms with Gasteiger partial charge in [0.15, 0.2) is 17.5 Å². The van der Waals surface area contributed by atoms with Gasteiger partial charge in [0.2, 0.25) is 6.33 Å². The van der Waals surface area contributed by atoms with Crippen LogP contribution in [0.5, 0.6) is 5.75 Å². The van der Waals surface area contributed by atoms with Crippen molar-refractivity contribution < 1.29 is 23.2 Å². The van der Waals surface area contributed by atoms with Crippen LogP contribution in [0.15, 0.2) is 48.2 Å². The number of rotatable bonds is 8. The lowest BCUT2D eigenvalue weighted by Crippen LogP contribution is -2.15. The van der Waals surface area contributed by atoms with Crippen LogP contribution >= 0.6 is 11.3 Å². The van der Waals surface area contributed by atoms with E-state index in [4.69, 9.17) is 0 Å². The molecule has 0 aliphatic heterocycles. The number of nitrogens with zero attached hydrogens (tertiary/aromatic N) is 7.